The van der Waals surface area contributed by atoms with Gasteiger partial charge in [0.1, 0.15) is 11.9 Å². The lowest BCUT2D eigenvalue weighted by Gasteiger charge is -2.10. The highest BCUT2D eigenvalue weighted by Crippen LogP contribution is 2.33. The Labute approximate surface area is 169 Å². The van der Waals surface area contributed by atoms with Gasteiger partial charge in [-0.25, -0.2) is 0 Å². The van der Waals surface area contributed by atoms with E-state index in [1.54, 1.807) is 0 Å². The van der Waals surface area contributed by atoms with Crippen LogP contribution in [0.2, 0.25) is 0 Å². The fourth-order valence-corrected chi connectivity index (χ4v) is 3.84. The molecule has 28 heavy (non-hydrogen) atoms. The van der Waals surface area contributed by atoms with Gasteiger partial charge in [-0.15, -0.1) is 0 Å². The van der Waals surface area contributed by atoms with Crippen LogP contribution in [0.3, 0.4) is 0 Å². The first-order valence-corrected chi connectivity index (χ1v) is 10.7. The van der Waals surface area contributed by atoms with Crippen LogP contribution >= 0.6 is 0 Å². The number of rotatable bonds is 10. The molecule has 3 heteroatoms. The van der Waals surface area contributed by atoms with Crippen molar-refractivity contribution in [3.63, 3.8) is 0 Å². The van der Waals surface area contributed by atoms with Crippen LogP contribution in [-0.4, -0.2) is 18.6 Å². The lowest BCUT2D eigenvalue weighted by atomic mass is 9.97. The average molecular weight is 380 g/mol. The molecule has 0 saturated carbocycles. The van der Waals surface area contributed by atoms with E-state index >= 15 is 0 Å². The Morgan fingerprint density at radius 1 is 1.04 bits per heavy atom. The second kappa shape index (κ2) is 10.3. The highest BCUT2D eigenvalue weighted by Gasteiger charge is 2.24. The molecule has 2 aromatic rings. The Balaban J connectivity index is 1.41. The predicted molar refractivity (Wildman–Crippen MR) is 115 cm³/mol. The lowest BCUT2D eigenvalue weighted by Crippen LogP contribution is -2.28. The van der Waals surface area contributed by atoms with Gasteiger partial charge >= 0.3 is 0 Å². The van der Waals surface area contributed by atoms with Crippen LogP contribution < -0.4 is 10.1 Å². The third kappa shape index (κ3) is 5.85. The van der Waals surface area contributed by atoms with Gasteiger partial charge in [-0.1, -0.05) is 56.3 Å². The molecule has 1 atom stereocenters. The third-order valence-corrected chi connectivity index (χ3v) is 5.49. The van der Waals surface area contributed by atoms with Gasteiger partial charge in [-0.2, -0.15) is 0 Å². The zero-order valence-corrected chi connectivity index (χ0v) is 17.2. The molecule has 1 heterocycles. The fourth-order valence-electron chi connectivity index (χ4n) is 3.84. The largest absolute Gasteiger partial charge is 0.490 e. The van der Waals surface area contributed by atoms with E-state index in [9.17, 15) is 4.79 Å². The Kier molecular flexibility index (Phi) is 7.53. The average Bonchev–Trinajstić information content (AvgIpc) is 3.13. The van der Waals surface area contributed by atoms with Gasteiger partial charge in [0, 0.05) is 24.4 Å². The molecular weight excluding hydrogens is 346 g/mol. The molecule has 1 aliphatic heterocycles. The van der Waals surface area contributed by atoms with Crippen molar-refractivity contribution in [2.24, 2.45) is 5.92 Å². The summed E-state index contributed by atoms with van der Waals surface area (Å²) in [4.78, 5) is 11.7. The summed E-state index contributed by atoms with van der Waals surface area (Å²) in [5.41, 5.74) is 4.18. The van der Waals surface area contributed by atoms with E-state index in [1.807, 2.05) is 13.8 Å². The maximum Gasteiger partial charge on any atom is 0.222 e. The summed E-state index contributed by atoms with van der Waals surface area (Å²) in [6, 6.07) is 17.1. The molecule has 0 spiro atoms. The van der Waals surface area contributed by atoms with Crippen LogP contribution in [0.1, 0.15) is 56.2 Å². The van der Waals surface area contributed by atoms with Crippen LogP contribution in [-0.2, 0) is 24.1 Å². The zero-order valence-electron chi connectivity index (χ0n) is 17.2. The molecule has 1 aliphatic rings. The number of unbranched alkanes of at least 4 members (excludes halogenated alkanes) is 1. The number of aryl methyl sites for hydroxylation is 2. The minimum Gasteiger partial charge on any atom is -0.490 e. The lowest BCUT2D eigenvalue weighted by molar-refractivity contribution is -0.123. The normalized spacial score (nSPS) is 15.3. The number of hydrogen-bond acceptors (Lipinski definition) is 2. The van der Waals surface area contributed by atoms with Crippen molar-refractivity contribution in [1.82, 2.24) is 5.32 Å². The number of ether oxygens (including phenoxy) is 1. The van der Waals surface area contributed by atoms with E-state index in [-0.39, 0.29) is 11.8 Å². The maximum atomic E-state index is 11.7. The highest BCUT2D eigenvalue weighted by atomic mass is 16.5. The van der Waals surface area contributed by atoms with Crippen molar-refractivity contribution in [2.45, 2.75) is 64.9 Å². The number of nitrogens with one attached hydrogen (secondary N) is 1. The van der Waals surface area contributed by atoms with Gasteiger partial charge < -0.3 is 10.1 Å². The fraction of sp³-hybridized carbons (Fsp3) is 0.480. The molecule has 0 bridgehead atoms. The molecule has 1 amide bonds. The molecule has 3 rings (SSSR count). The second-order valence-corrected chi connectivity index (χ2v) is 8.12. The molecule has 150 valence electrons. The highest BCUT2D eigenvalue weighted by molar-refractivity contribution is 5.77. The van der Waals surface area contributed by atoms with E-state index in [1.165, 1.54) is 29.5 Å². The van der Waals surface area contributed by atoms with Gasteiger partial charge in [0.2, 0.25) is 5.91 Å². The maximum absolute atomic E-state index is 11.7. The Morgan fingerprint density at radius 2 is 1.86 bits per heavy atom. The van der Waals surface area contributed by atoms with Crippen LogP contribution in [0.25, 0.3) is 0 Å². The second-order valence-electron chi connectivity index (χ2n) is 8.12. The quantitative estimate of drug-likeness (QED) is 0.583. The number of amides is 1. The summed E-state index contributed by atoms with van der Waals surface area (Å²) in [5, 5.41) is 3.01. The summed E-state index contributed by atoms with van der Waals surface area (Å²) in [6.45, 7) is 4.60. The van der Waals surface area contributed by atoms with Gasteiger partial charge in [0.25, 0.3) is 0 Å². The molecule has 0 saturated heterocycles. The SMILES string of the molecule is CC(C)C(=O)NCCCc1cccc2c1C[C@@H](CCCCc1ccccc1)O2. The van der Waals surface area contributed by atoms with Crippen LogP contribution in [0.4, 0.5) is 0 Å². The number of hydrogen-bond donors (Lipinski definition) is 1. The summed E-state index contributed by atoms with van der Waals surface area (Å²) < 4.78 is 6.21. The van der Waals surface area contributed by atoms with Crippen molar-refractivity contribution in [1.29, 1.82) is 0 Å². The first kappa shape index (κ1) is 20.4. The smallest absolute Gasteiger partial charge is 0.222 e. The van der Waals surface area contributed by atoms with Crippen molar-refractivity contribution < 1.29 is 9.53 Å². The van der Waals surface area contributed by atoms with Crippen LogP contribution in [0.5, 0.6) is 5.75 Å². The van der Waals surface area contributed by atoms with Crippen LogP contribution in [0.15, 0.2) is 48.5 Å². The minimum atomic E-state index is 0.0528. The molecule has 0 aliphatic carbocycles. The van der Waals surface area contributed by atoms with E-state index in [4.69, 9.17) is 4.74 Å². The predicted octanol–water partition coefficient (Wildman–Crippen LogP) is 5.11. The number of carbonyl (C=O) groups excluding carboxylic acids is 1. The standard InChI is InChI=1S/C25H33NO2/c1-19(2)25(27)26-17-9-14-21-13-8-16-24-23(21)18-22(28-24)15-7-6-12-20-10-4-3-5-11-20/h3-5,8,10-11,13,16,19,22H,6-7,9,12,14-15,17-18H2,1-2H3,(H,26,27)/t22-/m1/s1. The van der Waals surface area contributed by atoms with Crippen LogP contribution in [0, 0.1) is 5.92 Å². The monoisotopic (exact) mass is 379 g/mol. The van der Waals surface area contributed by atoms with Gasteiger partial charge in [0.15, 0.2) is 0 Å². The molecule has 0 fully saturated rings. The van der Waals surface area contributed by atoms with Gasteiger partial charge in [-0.3, -0.25) is 4.79 Å². The Bertz CT molecular complexity index is 754. The van der Waals surface area contributed by atoms with Gasteiger partial charge in [-0.05, 0) is 55.7 Å². The topological polar surface area (TPSA) is 38.3 Å². The van der Waals surface area contributed by atoms with E-state index in [2.05, 4.69) is 53.8 Å². The van der Waals surface area contributed by atoms with Crippen molar-refractivity contribution in [2.75, 3.05) is 6.54 Å². The summed E-state index contributed by atoms with van der Waals surface area (Å²) in [5.74, 6) is 1.26. The molecule has 0 aromatic heterocycles. The summed E-state index contributed by atoms with van der Waals surface area (Å²) in [6.07, 6.45) is 7.97. The minimum absolute atomic E-state index is 0.0528. The van der Waals surface area contributed by atoms with E-state index in [0.717, 1.165) is 44.4 Å². The van der Waals surface area contributed by atoms with Gasteiger partial charge in [0.05, 0.1) is 0 Å². The molecular formula is C25H33NO2. The number of fused-ring (bicyclic) bond motifs is 1. The number of benzene rings is 2. The third-order valence-electron chi connectivity index (χ3n) is 5.49. The molecule has 0 radical (unpaired) electrons. The van der Waals surface area contributed by atoms with Crippen molar-refractivity contribution >= 4 is 5.91 Å². The molecule has 3 nitrogen and oxygen atoms in total. The van der Waals surface area contributed by atoms with E-state index in [0.29, 0.717) is 6.10 Å². The molecule has 0 unspecified atom stereocenters. The zero-order chi connectivity index (χ0) is 19.8. The first-order chi connectivity index (χ1) is 13.6. The molecule has 2 aromatic carbocycles. The summed E-state index contributed by atoms with van der Waals surface area (Å²) >= 11 is 0. The Hall–Kier alpha value is -2.29. The molecule has 1 N–H and O–H groups in total. The summed E-state index contributed by atoms with van der Waals surface area (Å²) in [7, 11) is 0. The Morgan fingerprint density at radius 3 is 2.64 bits per heavy atom. The van der Waals surface area contributed by atoms with Crippen molar-refractivity contribution in [3.05, 3.63) is 65.2 Å². The van der Waals surface area contributed by atoms with Crippen molar-refractivity contribution in [3.8, 4) is 5.75 Å². The first-order valence-electron chi connectivity index (χ1n) is 10.7. The number of carbonyl (C=O) groups is 1. The van der Waals surface area contributed by atoms with E-state index < -0.39 is 0 Å².